The van der Waals surface area contributed by atoms with E-state index in [1.165, 1.54) is 0 Å². The Balaban J connectivity index is 3.13. The first kappa shape index (κ1) is 18.6. The van der Waals surface area contributed by atoms with Crippen LogP contribution in [0.3, 0.4) is 0 Å². The summed E-state index contributed by atoms with van der Waals surface area (Å²) in [5.74, 6) is 0. The first-order valence-electron chi connectivity index (χ1n) is 7.35. The minimum Gasteiger partial charge on any atom is -0.313 e. The number of nitrogens with zero attached hydrogens (tertiary/aromatic N) is 1. The molecule has 0 fully saturated rings. The molecular formula is C15H25BrN2O2S. The van der Waals surface area contributed by atoms with E-state index in [-0.39, 0.29) is 6.04 Å². The predicted octanol–water partition coefficient (Wildman–Crippen LogP) is 3.37. The predicted molar refractivity (Wildman–Crippen MR) is 90.8 cm³/mol. The van der Waals surface area contributed by atoms with E-state index in [0.717, 1.165) is 25.1 Å². The Hall–Kier alpha value is -0.430. The third kappa shape index (κ3) is 4.77. The van der Waals surface area contributed by atoms with Crippen LogP contribution >= 0.6 is 15.9 Å². The first-order chi connectivity index (χ1) is 9.84. The number of benzene rings is 1. The molecule has 120 valence electrons. The fraction of sp³-hybridized carbons (Fsp3) is 0.600. The highest BCUT2D eigenvalue weighted by atomic mass is 79.9. The molecule has 21 heavy (non-hydrogen) atoms. The van der Waals surface area contributed by atoms with E-state index in [4.69, 9.17) is 0 Å². The van der Waals surface area contributed by atoms with Gasteiger partial charge in [0.25, 0.3) is 0 Å². The molecule has 0 aliphatic carbocycles. The van der Waals surface area contributed by atoms with E-state index < -0.39 is 10.0 Å². The second kappa shape index (κ2) is 8.27. The second-order valence-corrected chi connectivity index (χ2v) is 7.97. The van der Waals surface area contributed by atoms with Gasteiger partial charge in [-0.1, -0.05) is 19.9 Å². The largest absolute Gasteiger partial charge is 0.313 e. The number of hydrogen-bond donors (Lipinski definition) is 1. The van der Waals surface area contributed by atoms with Gasteiger partial charge in [-0.05, 0) is 60.4 Å². The molecule has 1 aromatic carbocycles. The van der Waals surface area contributed by atoms with Crippen LogP contribution in [0.2, 0.25) is 0 Å². The van der Waals surface area contributed by atoms with Gasteiger partial charge < -0.3 is 5.32 Å². The maximum atomic E-state index is 12.8. The Bertz CT molecular complexity index is 559. The van der Waals surface area contributed by atoms with Gasteiger partial charge in [-0.25, -0.2) is 8.42 Å². The zero-order chi connectivity index (χ0) is 16.0. The van der Waals surface area contributed by atoms with Gasteiger partial charge in [-0.15, -0.1) is 0 Å². The van der Waals surface area contributed by atoms with Gasteiger partial charge in [-0.3, -0.25) is 0 Å². The normalized spacial score (nSPS) is 12.3. The van der Waals surface area contributed by atoms with Gasteiger partial charge in [0.15, 0.2) is 0 Å². The molecule has 0 saturated heterocycles. The lowest BCUT2D eigenvalue weighted by Crippen LogP contribution is -2.37. The van der Waals surface area contributed by atoms with Crippen molar-refractivity contribution in [2.75, 3.05) is 13.1 Å². The van der Waals surface area contributed by atoms with Crippen LogP contribution in [0.4, 0.5) is 0 Å². The molecule has 6 heteroatoms. The molecule has 0 aliphatic heterocycles. The van der Waals surface area contributed by atoms with Crippen molar-refractivity contribution in [1.82, 2.24) is 9.62 Å². The summed E-state index contributed by atoms with van der Waals surface area (Å²) in [7, 11) is -3.46. The highest BCUT2D eigenvalue weighted by Crippen LogP contribution is 2.27. The molecule has 0 aliphatic rings. The minimum absolute atomic E-state index is 0.0525. The highest BCUT2D eigenvalue weighted by molar-refractivity contribution is 9.10. The van der Waals surface area contributed by atoms with Gasteiger partial charge in [0.2, 0.25) is 10.0 Å². The summed E-state index contributed by atoms with van der Waals surface area (Å²) in [6.07, 6.45) is 0.799. The lowest BCUT2D eigenvalue weighted by Gasteiger charge is -2.26. The molecule has 0 spiro atoms. The second-order valence-electron chi connectivity index (χ2n) is 5.25. The van der Waals surface area contributed by atoms with Crippen LogP contribution < -0.4 is 5.32 Å². The van der Waals surface area contributed by atoms with Crippen molar-refractivity contribution in [3.05, 3.63) is 28.2 Å². The molecule has 0 atom stereocenters. The van der Waals surface area contributed by atoms with Crippen molar-refractivity contribution in [2.45, 2.75) is 51.6 Å². The third-order valence-corrected chi connectivity index (χ3v) is 6.23. The smallest absolute Gasteiger partial charge is 0.244 e. The van der Waals surface area contributed by atoms with Gasteiger partial charge in [-0.2, -0.15) is 4.31 Å². The van der Waals surface area contributed by atoms with Crippen molar-refractivity contribution in [3.8, 4) is 0 Å². The number of halogens is 1. The van der Waals surface area contributed by atoms with Crippen molar-refractivity contribution in [3.63, 3.8) is 0 Å². The molecule has 0 bridgehead atoms. The molecule has 1 N–H and O–H groups in total. The summed E-state index contributed by atoms with van der Waals surface area (Å²) in [6.45, 7) is 9.99. The molecule has 0 amide bonds. The average molecular weight is 377 g/mol. The molecule has 0 aromatic heterocycles. The third-order valence-electron chi connectivity index (χ3n) is 3.18. The van der Waals surface area contributed by atoms with Crippen LogP contribution in [0, 0.1) is 0 Å². The van der Waals surface area contributed by atoms with E-state index in [1.807, 2.05) is 39.8 Å². The van der Waals surface area contributed by atoms with E-state index in [2.05, 4.69) is 21.2 Å². The van der Waals surface area contributed by atoms with Crippen molar-refractivity contribution < 1.29 is 8.42 Å². The Morgan fingerprint density at radius 3 is 2.43 bits per heavy atom. The van der Waals surface area contributed by atoms with Crippen LogP contribution in [0.1, 0.15) is 39.7 Å². The Kier molecular flexibility index (Phi) is 7.33. The molecular weight excluding hydrogens is 352 g/mol. The average Bonchev–Trinajstić information content (AvgIpc) is 2.41. The zero-order valence-electron chi connectivity index (χ0n) is 13.2. The standard InChI is InChI=1S/C15H25BrN2O2S/c1-5-9-18(12(3)4)21(19,20)15-8-7-13(10-14(15)16)11-17-6-2/h7-8,10,12,17H,5-6,9,11H2,1-4H3. The lowest BCUT2D eigenvalue weighted by molar-refractivity contribution is 0.354. The van der Waals surface area contributed by atoms with Crippen LogP contribution in [0.25, 0.3) is 0 Å². The fourth-order valence-electron chi connectivity index (χ4n) is 2.14. The zero-order valence-corrected chi connectivity index (χ0v) is 15.6. The van der Waals surface area contributed by atoms with Crippen LogP contribution in [0.15, 0.2) is 27.6 Å². The summed E-state index contributed by atoms with van der Waals surface area (Å²) in [4.78, 5) is 0.338. The number of hydrogen-bond acceptors (Lipinski definition) is 3. The van der Waals surface area contributed by atoms with Crippen molar-refractivity contribution in [2.24, 2.45) is 0 Å². The summed E-state index contributed by atoms with van der Waals surface area (Å²) in [5, 5.41) is 3.23. The molecule has 0 saturated carbocycles. The highest BCUT2D eigenvalue weighted by Gasteiger charge is 2.28. The molecule has 1 aromatic rings. The summed E-state index contributed by atoms with van der Waals surface area (Å²) >= 11 is 3.41. The Morgan fingerprint density at radius 1 is 1.29 bits per heavy atom. The van der Waals surface area contributed by atoms with Crippen molar-refractivity contribution in [1.29, 1.82) is 0 Å². The molecule has 0 heterocycles. The lowest BCUT2D eigenvalue weighted by atomic mass is 10.2. The number of nitrogens with one attached hydrogen (secondary N) is 1. The maximum Gasteiger partial charge on any atom is 0.244 e. The minimum atomic E-state index is -3.46. The van der Waals surface area contributed by atoms with E-state index >= 15 is 0 Å². The SMILES string of the molecule is CCCN(C(C)C)S(=O)(=O)c1ccc(CNCC)cc1Br. The summed E-state index contributed by atoms with van der Waals surface area (Å²) < 4.78 is 27.8. The maximum absolute atomic E-state index is 12.8. The molecule has 0 unspecified atom stereocenters. The van der Waals surface area contributed by atoms with Gasteiger partial charge in [0, 0.05) is 23.6 Å². The van der Waals surface area contributed by atoms with Crippen LogP contribution in [-0.4, -0.2) is 31.9 Å². The Labute approximate surface area is 137 Å². The van der Waals surface area contributed by atoms with Gasteiger partial charge >= 0.3 is 0 Å². The summed E-state index contributed by atoms with van der Waals surface area (Å²) in [5.41, 5.74) is 1.06. The van der Waals surface area contributed by atoms with E-state index in [0.29, 0.717) is 15.9 Å². The molecule has 0 radical (unpaired) electrons. The van der Waals surface area contributed by atoms with E-state index in [1.54, 1.807) is 10.4 Å². The fourth-order valence-corrected chi connectivity index (χ4v) is 4.95. The van der Waals surface area contributed by atoms with Crippen molar-refractivity contribution >= 4 is 26.0 Å². The van der Waals surface area contributed by atoms with Gasteiger partial charge in [0.05, 0.1) is 4.90 Å². The topological polar surface area (TPSA) is 49.4 Å². The molecule has 4 nitrogen and oxygen atoms in total. The van der Waals surface area contributed by atoms with Gasteiger partial charge in [0.1, 0.15) is 0 Å². The first-order valence-corrected chi connectivity index (χ1v) is 9.58. The number of sulfonamides is 1. The van der Waals surface area contributed by atoms with Crippen LogP contribution in [0.5, 0.6) is 0 Å². The quantitative estimate of drug-likeness (QED) is 0.756. The molecule has 1 rings (SSSR count). The number of rotatable bonds is 8. The Morgan fingerprint density at radius 2 is 1.95 bits per heavy atom. The monoisotopic (exact) mass is 376 g/mol. The summed E-state index contributed by atoms with van der Waals surface area (Å²) in [6, 6.07) is 5.38. The van der Waals surface area contributed by atoms with E-state index in [9.17, 15) is 8.42 Å². The van der Waals surface area contributed by atoms with Crippen LogP contribution in [-0.2, 0) is 16.6 Å².